The Kier molecular flexibility index (Phi) is 6.84. The van der Waals surface area contributed by atoms with Crippen molar-refractivity contribution in [2.24, 2.45) is 5.92 Å². The zero-order valence-corrected chi connectivity index (χ0v) is 19.7. The average molecular weight is 458 g/mol. The minimum absolute atomic E-state index is 0.0451. The Morgan fingerprint density at radius 1 is 1.00 bits per heavy atom. The van der Waals surface area contributed by atoms with Crippen molar-refractivity contribution in [3.63, 3.8) is 0 Å². The second-order valence-electron chi connectivity index (χ2n) is 8.28. The van der Waals surface area contributed by atoms with Crippen molar-refractivity contribution >= 4 is 17.2 Å². The molecule has 7 nitrogen and oxygen atoms in total. The third kappa shape index (κ3) is 4.61. The summed E-state index contributed by atoms with van der Waals surface area (Å²) in [5.74, 6) is 0.229. The lowest BCUT2D eigenvalue weighted by molar-refractivity contribution is 0.0847. The van der Waals surface area contributed by atoms with Gasteiger partial charge in [-0.15, -0.1) is 0 Å². The summed E-state index contributed by atoms with van der Waals surface area (Å²) in [5, 5.41) is 4.60. The molecule has 2 aromatic carbocycles. The number of ketones is 2. The van der Waals surface area contributed by atoms with E-state index >= 15 is 0 Å². The fraction of sp³-hybridized carbons (Fsp3) is 0.259. The number of fused-ring (bicyclic) bond motifs is 1. The molecule has 2 unspecified atom stereocenters. The molecule has 0 radical (unpaired) electrons. The molecule has 0 spiro atoms. The van der Waals surface area contributed by atoms with Gasteiger partial charge in [0.15, 0.2) is 17.2 Å². The van der Waals surface area contributed by atoms with Gasteiger partial charge in [0.25, 0.3) is 0 Å². The average Bonchev–Trinajstić information content (AvgIpc) is 3.32. The fourth-order valence-corrected chi connectivity index (χ4v) is 3.95. The van der Waals surface area contributed by atoms with Crippen molar-refractivity contribution in [2.45, 2.75) is 19.8 Å². The fourth-order valence-electron chi connectivity index (χ4n) is 3.95. The van der Waals surface area contributed by atoms with E-state index in [4.69, 9.17) is 9.47 Å². The summed E-state index contributed by atoms with van der Waals surface area (Å²) in [6.07, 6.45) is 1.71. The smallest absolute Gasteiger partial charge is 0.188 e. The first-order chi connectivity index (χ1) is 16.4. The predicted octanol–water partition coefficient (Wildman–Crippen LogP) is 4.86. The molecule has 0 saturated heterocycles. The molecule has 0 bridgehead atoms. The lowest BCUT2D eigenvalue weighted by Gasteiger charge is -2.18. The highest BCUT2D eigenvalue weighted by atomic mass is 16.5. The Morgan fingerprint density at radius 3 is 2.47 bits per heavy atom. The van der Waals surface area contributed by atoms with E-state index in [0.29, 0.717) is 16.9 Å². The molecule has 4 aromatic rings. The van der Waals surface area contributed by atoms with E-state index in [0.717, 1.165) is 22.6 Å². The van der Waals surface area contributed by atoms with Gasteiger partial charge < -0.3 is 9.47 Å². The van der Waals surface area contributed by atoms with Crippen LogP contribution in [0.2, 0.25) is 0 Å². The molecule has 2 aromatic heterocycles. The Labute approximate surface area is 198 Å². The number of benzene rings is 2. The molecule has 34 heavy (non-hydrogen) atoms. The summed E-state index contributed by atoms with van der Waals surface area (Å²) >= 11 is 0. The number of hydrogen-bond acceptors (Lipinski definition) is 6. The highest BCUT2D eigenvalue weighted by Crippen LogP contribution is 2.29. The number of aromatic nitrogens is 3. The minimum atomic E-state index is -0.314. The van der Waals surface area contributed by atoms with Crippen LogP contribution in [0.1, 0.15) is 46.2 Å². The van der Waals surface area contributed by atoms with E-state index in [1.54, 1.807) is 36.0 Å². The molecule has 4 rings (SSSR count). The minimum Gasteiger partial charge on any atom is -0.497 e. The monoisotopic (exact) mass is 457 g/mol. The van der Waals surface area contributed by atoms with Crippen LogP contribution in [-0.2, 0) is 4.74 Å². The van der Waals surface area contributed by atoms with Crippen LogP contribution in [0.15, 0.2) is 66.9 Å². The molecular formula is C27H27N3O4. The lowest BCUT2D eigenvalue weighted by Crippen LogP contribution is -2.18. The Balaban J connectivity index is 1.59. The van der Waals surface area contributed by atoms with Crippen LogP contribution in [0, 0.1) is 5.92 Å². The quantitative estimate of drug-likeness (QED) is 0.334. The lowest BCUT2D eigenvalue weighted by atomic mass is 9.84. The van der Waals surface area contributed by atoms with Crippen molar-refractivity contribution in [1.29, 1.82) is 0 Å². The Bertz CT molecular complexity index is 1330. The van der Waals surface area contributed by atoms with Crippen LogP contribution < -0.4 is 4.74 Å². The maximum Gasteiger partial charge on any atom is 0.188 e. The van der Waals surface area contributed by atoms with Crippen molar-refractivity contribution in [3.05, 3.63) is 83.7 Å². The van der Waals surface area contributed by atoms with Crippen LogP contribution in [0.3, 0.4) is 0 Å². The highest BCUT2D eigenvalue weighted by molar-refractivity contribution is 5.98. The maximum atomic E-state index is 13.3. The van der Waals surface area contributed by atoms with Crippen LogP contribution in [0.5, 0.6) is 5.75 Å². The predicted molar refractivity (Wildman–Crippen MR) is 130 cm³/mol. The molecule has 0 aliphatic rings. The number of carbonyl (C=O) groups excluding carboxylic acids is 2. The molecule has 0 N–H and O–H groups in total. The number of carbonyl (C=O) groups is 2. The van der Waals surface area contributed by atoms with Gasteiger partial charge in [-0.2, -0.15) is 5.10 Å². The molecular weight excluding hydrogens is 430 g/mol. The molecule has 0 aliphatic heterocycles. The Morgan fingerprint density at radius 2 is 1.76 bits per heavy atom. The molecule has 2 atom stereocenters. The summed E-state index contributed by atoms with van der Waals surface area (Å²) in [5.41, 5.74) is 4.28. The van der Waals surface area contributed by atoms with Gasteiger partial charge in [-0.05, 0) is 29.7 Å². The SMILES string of the molecule is COCC(=O)c1ccc(C(C)C(C)C(=O)c2cc3nccc(-c4cccc(OC)c4)n3n2)cc1. The molecule has 0 fully saturated rings. The van der Waals surface area contributed by atoms with Gasteiger partial charge in [-0.1, -0.05) is 50.2 Å². The first kappa shape index (κ1) is 23.3. The summed E-state index contributed by atoms with van der Waals surface area (Å²) in [6.45, 7) is 3.95. The normalized spacial score (nSPS) is 12.9. The topological polar surface area (TPSA) is 82.8 Å². The molecule has 0 amide bonds. The first-order valence-electron chi connectivity index (χ1n) is 11.1. The number of ether oxygens (including phenoxy) is 2. The van der Waals surface area contributed by atoms with E-state index in [9.17, 15) is 9.59 Å². The molecule has 174 valence electrons. The van der Waals surface area contributed by atoms with Gasteiger partial charge in [0, 0.05) is 36.4 Å². The van der Waals surface area contributed by atoms with Crippen molar-refractivity contribution in [3.8, 4) is 17.0 Å². The van der Waals surface area contributed by atoms with Gasteiger partial charge in [0.1, 0.15) is 18.1 Å². The van der Waals surface area contributed by atoms with E-state index in [2.05, 4.69) is 10.1 Å². The molecule has 7 heteroatoms. The summed E-state index contributed by atoms with van der Waals surface area (Å²) in [7, 11) is 3.12. The zero-order valence-electron chi connectivity index (χ0n) is 19.7. The van der Waals surface area contributed by atoms with Gasteiger partial charge in [-0.3, -0.25) is 9.59 Å². The number of hydrogen-bond donors (Lipinski definition) is 0. The van der Waals surface area contributed by atoms with Gasteiger partial charge in [0.05, 0.1) is 12.8 Å². The highest BCUT2D eigenvalue weighted by Gasteiger charge is 2.26. The second-order valence-corrected chi connectivity index (χ2v) is 8.28. The van der Waals surface area contributed by atoms with E-state index < -0.39 is 0 Å². The van der Waals surface area contributed by atoms with Gasteiger partial charge >= 0.3 is 0 Å². The third-order valence-electron chi connectivity index (χ3n) is 6.17. The van der Waals surface area contributed by atoms with E-state index in [-0.39, 0.29) is 30.0 Å². The summed E-state index contributed by atoms with van der Waals surface area (Å²) in [6, 6.07) is 18.6. The van der Waals surface area contributed by atoms with Crippen LogP contribution in [-0.4, -0.2) is 47.0 Å². The zero-order chi connectivity index (χ0) is 24.2. The number of rotatable bonds is 9. The second kappa shape index (κ2) is 9.97. The van der Waals surface area contributed by atoms with Crippen molar-refractivity contribution in [1.82, 2.24) is 14.6 Å². The number of Topliss-reactive ketones (excluding diaryl/α,β-unsaturated/α-hetero) is 2. The van der Waals surface area contributed by atoms with Gasteiger partial charge in [0.2, 0.25) is 0 Å². The number of methoxy groups -OCH3 is 2. The van der Waals surface area contributed by atoms with E-state index in [1.165, 1.54) is 7.11 Å². The van der Waals surface area contributed by atoms with Crippen LogP contribution >= 0.6 is 0 Å². The molecule has 0 aliphatic carbocycles. The standard InChI is InChI=1S/C27H27N3O4/c1-17(19-8-10-20(11-9-19)25(31)16-33-3)18(2)27(32)23-15-26-28-13-12-24(30(26)29-23)21-6-5-7-22(14-21)34-4/h5-15,17-18H,16H2,1-4H3. The van der Waals surface area contributed by atoms with Crippen LogP contribution in [0.4, 0.5) is 0 Å². The van der Waals surface area contributed by atoms with Crippen molar-refractivity contribution < 1.29 is 19.1 Å². The summed E-state index contributed by atoms with van der Waals surface area (Å²) in [4.78, 5) is 29.7. The summed E-state index contributed by atoms with van der Waals surface area (Å²) < 4.78 is 11.9. The molecule has 0 saturated carbocycles. The Hall–Kier alpha value is -3.84. The number of nitrogens with zero attached hydrogens (tertiary/aromatic N) is 3. The van der Waals surface area contributed by atoms with Crippen LogP contribution in [0.25, 0.3) is 16.9 Å². The maximum absolute atomic E-state index is 13.3. The third-order valence-corrected chi connectivity index (χ3v) is 6.17. The first-order valence-corrected chi connectivity index (χ1v) is 11.1. The largest absolute Gasteiger partial charge is 0.497 e. The van der Waals surface area contributed by atoms with Crippen molar-refractivity contribution in [2.75, 3.05) is 20.8 Å². The van der Waals surface area contributed by atoms with E-state index in [1.807, 2.05) is 56.3 Å². The van der Waals surface area contributed by atoms with Gasteiger partial charge in [-0.25, -0.2) is 9.50 Å². The molecule has 2 heterocycles.